The monoisotopic (exact) mass is 443 g/mol. The van der Waals surface area contributed by atoms with Crippen molar-refractivity contribution in [2.45, 2.75) is 23.8 Å². The second-order valence-electron chi connectivity index (χ2n) is 5.82. The number of amides is 1. The minimum absolute atomic E-state index is 0.116. The smallest absolute Gasteiger partial charge is 0.243 e. The van der Waals surface area contributed by atoms with Crippen LogP contribution in [0.4, 0.5) is 5.82 Å². The van der Waals surface area contributed by atoms with Gasteiger partial charge < -0.3 is 14.6 Å². The molecule has 2 heterocycles. The van der Waals surface area contributed by atoms with E-state index in [2.05, 4.69) is 30.9 Å². The molecule has 8 nitrogen and oxygen atoms in total. The molecular formula is C16H18BrN3O5S. The Bertz CT molecular complexity index is 833. The Balaban J connectivity index is 1.79. The topological polar surface area (TPSA) is 102 Å². The fourth-order valence-corrected chi connectivity index (χ4v) is 4.33. The average Bonchev–Trinajstić information content (AvgIpc) is 3.28. The third-order valence-electron chi connectivity index (χ3n) is 3.91. The summed E-state index contributed by atoms with van der Waals surface area (Å²) in [7, 11) is -3.85. The average molecular weight is 444 g/mol. The first kappa shape index (κ1) is 19.0. The van der Waals surface area contributed by atoms with E-state index in [0.717, 1.165) is 21.6 Å². The molecule has 0 radical (unpaired) electrons. The fourth-order valence-electron chi connectivity index (χ4n) is 2.64. The van der Waals surface area contributed by atoms with E-state index >= 15 is 0 Å². The maximum absolute atomic E-state index is 13.0. The van der Waals surface area contributed by atoms with E-state index in [1.807, 2.05) is 0 Å². The number of rotatable bonds is 7. The molecule has 0 aliphatic carbocycles. The van der Waals surface area contributed by atoms with E-state index < -0.39 is 15.9 Å². The second-order valence-corrected chi connectivity index (χ2v) is 8.67. The number of nitrogens with zero attached hydrogens (tertiary/aromatic N) is 2. The summed E-state index contributed by atoms with van der Waals surface area (Å²) in [6.45, 7) is 0.373. The van der Waals surface area contributed by atoms with E-state index in [9.17, 15) is 13.2 Å². The normalized spacial score (nSPS) is 17.5. The molecule has 1 saturated heterocycles. The zero-order valence-corrected chi connectivity index (χ0v) is 16.2. The molecule has 1 unspecified atom stereocenters. The largest absolute Gasteiger partial charge is 0.377 e. The van der Waals surface area contributed by atoms with Crippen molar-refractivity contribution in [3.8, 4) is 0 Å². The summed E-state index contributed by atoms with van der Waals surface area (Å²) in [5, 5.41) is 6.10. The number of carbonyl (C=O) groups is 1. The zero-order valence-electron chi connectivity index (χ0n) is 13.8. The highest BCUT2D eigenvalue weighted by Gasteiger charge is 2.30. The maximum atomic E-state index is 13.0. The molecule has 2 aromatic rings. The van der Waals surface area contributed by atoms with E-state index in [4.69, 9.17) is 4.74 Å². The Morgan fingerprint density at radius 1 is 1.31 bits per heavy atom. The van der Waals surface area contributed by atoms with Gasteiger partial charge in [0.2, 0.25) is 15.9 Å². The van der Waals surface area contributed by atoms with Gasteiger partial charge in [0.1, 0.15) is 6.26 Å². The van der Waals surface area contributed by atoms with Gasteiger partial charge in [-0.05, 0) is 37.1 Å². The number of halogens is 1. The van der Waals surface area contributed by atoms with Crippen molar-refractivity contribution in [1.29, 1.82) is 0 Å². The highest BCUT2D eigenvalue weighted by atomic mass is 79.9. The summed E-state index contributed by atoms with van der Waals surface area (Å²) in [6, 6.07) is 7.76. The molecule has 1 aromatic carbocycles. The Kier molecular flexibility index (Phi) is 6.07. The minimum Gasteiger partial charge on any atom is -0.377 e. The standard InChI is InChI=1S/C16H18BrN3O5S/c17-12-3-5-14(6-4-12)26(22,23)20(10-13-2-1-8-24-13)11-16(21)18-15-7-9-25-19-15/h3-7,9,13H,1-2,8,10-11H2,(H,18,19,21). The summed E-state index contributed by atoms with van der Waals surface area (Å²) >= 11 is 3.29. The van der Waals surface area contributed by atoms with Crippen molar-refractivity contribution >= 4 is 37.7 Å². The van der Waals surface area contributed by atoms with Crippen molar-refractivity contribution in [3.05, 3.63) is 41.1 Å². The number of hydrogen-bond donors (Lipinski definition) is 1. The van der Waals surface area contributed by atoms with Gasteiger partial charge in [0.25, 0.3) is 0 Å². The SMILES string of the molecule is O=C(CN(CC1CCCO1)S(=O)(=O)c1ccc(Br)cc1)Nc1ccon1. The van der Waals surface area contributed by atoms with E-state index in [-0.39, 0.29) is 29.9 Å². The van der Waals surface area contributed by atoms with Crippen molar-refractivity contribution < 1.29 is 22.5 Å². The van der Waals surface area contributed by atoms with Gasteiger partial charge in [0, 0.05) is 23.7 Å². The van der Waals surface area contributed by atoms with Crippen molar-refractivity contribution in [2.75, 3.05) is 25.0 Å². The van der Waals surface area contributed by atoms with Crippen LogP contribution < -0.4 is 5.32 Å². The van der Waals surface area contributed by atoms with Crippen LogP contribution in [-0.2, 0) is 19.6 Å². The number of sulfonamides is 1. The van der Waals surface area contributed by atoms with Gasteiger partial charge in [0.05, 0.1) is 17.5 Å². The Morgan fingerprint density at radius 2 is 2.08 bits per heavy atom. The molecule has 26 heavy (non-hydrogen) atoms. The van der Waals surface area contributed by atoms with Crippen molar-refractivity contribution in [1.82, 2.24) is 9.46 Å². The quantitative estimate of drug-likeness (QED) is 0.703. The van der Waals surface area contributed by atoms with Crippen LogP contribution in [0.2, 0.25) is 0 Å². The van der Waals surface area contributed by atoms with Crippen molar-refractivity contribution in [2.24, 2.45) is 0 Å². The van der Waals surface area contributed by atoms with E-state index in [1.165, 1.54) is 24.5 Å². The molecule has 0 bridgehead atoms. The number of benzene rings is 1. The number of ether oxygens (including phenoxy) is 1. The lowest BCUT2D eigenvalue weighted by Gasteiger charge is -2.24. The minimum atomic E-state index is -3.85. The number of aromatic nitrogens is 1. The van der Waals surface area contributed by atoms with Crippen LogP contribution in [-0.4, -0.2) is 49.6 Å². The Morgan fingerprint density at radius 3 is 2.69 bits per heavy atom. The van der Waals surface area contributed by atoms with Crippen LogP contribution in [0.1, 0.15) is 12.8 Å². The lowest BCUT2D eigenvalue weighted by atomic mass is 10.2. The third kappa shape index (κ3) is 4.70. The van der Waals surface area contributed by atoms with Gasteiger partial charge in [-0.1, -0.05) is 21.1 Å². The molecule has 10 heteroatoms. The summed E-state index contributed by atoms with van der Waals surface area (Å²) in [5.41, 5.74) is 0. The molecule has 0 spiro atoms. The van der Waals surface area contributed by atoms with Crippen LogP contribution in [0.5, 0.6) is 0 Å². The molecule has 1 aliphatic rings. The molecule has 1 aromatic heterocycles. The summed E-state index contributed by atoms with van der Waals surface area (Å²) in [4.78, 5) is 12.4. The maximum Gasteiger partial charge on any atom is 0.243 e. The Labute approximate surface area is 159 Å². The molecule has 1 fully saturated rings. The molecular weight excluding hydrogens is 426 g/mol. The second kappa shape index (κ2) is 8.30. The molecule has 140 valence electrons. The molecule has 3 rings (SSSR count). The zero-order chi connectivity index (χ0) is 18.6. The first-order valence-electron chi connectivity index (χ1n) is 8.03. The van der Waals surface area contributed by atoms with Gasteiger partial charge in [-0.2, -0.15) is 4.31 Å². The van der Waals surface area contributed by atoms with E-state index in [0.29, 0.717) is 6.61 Å². The molecule has 1 amide bonds. The molecule has 1 atom stereocenters. The van der Waals surface area contributed by atoms with Gasteiger partial charge >= 0.3 is 0 Å². The van der Waals surface area contributed by atoms with Crippen LogP contribution in [0.25, 0.3) is 0 Å². The Hall–Kier alpha value is -1.75. The van der Waals surface area contributed by atoms with Crippen LogP contribution in [0.3, 0.4) is 0 Å². The predicted octanol–water partition coefficient (Wildman–Crippen LogP) is 2.25. The first-order chi connectivity index (χ1) is 12.4. The van der Waals surface area contributed by atoms with Crippen molar-refractivity contribution in [3.63, 3.8) is 0 Å². The summed E-state index contributed by atoms with van der Waals surface area (Å²) in [5.74, 6) is -0.273. The van der Waals surface area contributed by atoms with Gasteiger partial charge in [-0.15, -0.1) is 0 Å². The number of nitrogens with one attached hydrogen (secondary N) is 1. The van der Waals surface area contributed by atoms with Gasteiger partial charge in [-0.3, -0.25) is 4.79 Å². The third-order valence-corrected chi connectivity index (χ3v) is 6.26. The first-order valence-corrected chi connectivity index (χ1v) is 10.3. The fraction of sp³-hybridized carbons (Fsp3) is 0.375. The summed E-state index contributed by atoms with van der Waals surface area (Å²) < 4.78 is 38.1. The van der Waals surface area contributed by atoms with E-state index in [1.54, 1.807) is 12.1 Å². The molecule has 1 N–H and O–H groups in total. The number of carbonyl (C=O) groups excluding carboxylic acids is 1. The summed E-state index contributed by atoms with van der Waals surface area (Å²) in [6.07, 6.45) is 2.73. The lowest BCUT2D eigenvalue weighted by molar-refractivity contribution is -0.116. The lowest BCUT2D eigenvalue weighted by Crippen LogP contribution is -2.42. The number of anilines is 1. The highest BCUT2D eigenvalue weighted by molar-refractivity contribution is 9.10. The van der Waals surface area contributed by atoms with Crippen LogP contribution in [0, 0.1) is 0 Å². The molecule has 1 aliphatic heterocycles. The van der Waals surface area contributed by atoms with Crippen LogP contribution in [0.15, 0.2) is 50.5 Å². The van der Waals surface area contributed by atoms with Gasteiger partial charge in [-0.25, -0.2) is 8.42 Å². The predicted molar refractivity (Wildman–Crippen MR) is 97.0 cm³/mol. The molecule has 0 saturated carbocycles. The highest BCUT2D eigenvalue weighted by Crippen LogP contribution is 2.22. The van der Waals surface area contributed by atoms with Crippen LogP contribution >= 0.6 is 15.9 Å². The number of hydrogen-bond acceptors (Lipinski definition) is 6. The van der Waals surface area contributed by atoms with Gasteiger partial charge in [0.15, 0.2) is 5.82 Å².